The Morgan fingerprint density at radius 3 is 1.57 bits per heavy atom. The second-order valence-corrected chi connectivity index (χ2v) is 0.861. The van der Waals surface area contributed by atoms with Crippen LogP contribution in [-0.4, -0.2) is 16.9 Å². The van der Waals surface area contributed by atoms with Crippen molar-refractivity contribution in [3.8, 4) is 0 Å². The Balaban J connectivity index is 0. The molecule has 4 nitrogen and oxygen atoms in total. The third-order valence-corrected chi connectivity index (χ3v) is 0.301. The molecule has 0 amide bonds. The van der Waals surface area contributed by atoms with Crippen molar-refractivity contribution >= 4 is 11.8 Å². The highest BCUT2D eigenvalue weighted by Gasteiger charge is 1.98. The SMILES string of the molecule is CC(=O)C(=O)O.[O]. The van der Waals surface area contributed by atoms with Crippen LogP contribution in [0.25, 0.3) is 0 Å². The lowest BCUT2D eigenvalue weighted by atomic mass is 10.5. The van der Waals surface area contributed by atoms with Gasteiger partial charge in [-0.3, -0.25) is 4.79 Å². The third kappa shape index (κ3) is 5.10. The molecule has 40 valence electrons. The average Bonchev–Trinajstić information content (AvgIpc) is 1.36. The molecule has 0 aliphatic rings. The molecule has 0 fully saturated rings. The van der Waals surface area contributed by atoms with Crippen LogP contribution in [-0.2, 0) is 15.1 Å². The monoisotopic (exact) mass is 104 g/mol. The number of carboxylic acids is 1. The number of hydrogen-bond acceptors (Lipinski definition) is 2. The van der Waals surface area contributed by atoms with E-state index in [4.69, 9.17) is 5.11 Å². The maximum Gasteiger partial charge on any atom is 0.371 e. The van der Waals surface area contributed by atoms with Crippen LogP contribution in [0.15, 0.2) is 0 Å². The Morgan fingerprint density at radius 1 is 1.43 bits per heavy atom. The van der Waals surface area contributed by atoms with E-state index in [0.29, 0.717) is 0 Å². The number of ketones is 1. The van der Waals surface area contributed by atoms with Crippen LogP contribution in [0, 0.1) is 0 Å². The first-order valence-electron chi connectivity index (χ1n) is 1.38. The van der Waals surface area contributed by atoms with E-state index in [1.54, 1.807) is 0 Å². The van der Waals surface area contributed by atoms with Gasteiger partial charge in [0.05, 0.1) is 0 Å². The topological polar surface area (TPSA) is 82.9 Å². The zero-order valence-electron chi connectivity index (χ0n) is 3.67. The van der Waals surface area contributed by atoms with Gasteiger partial charge >= 0.3 is 5.97 Å². The summed E-state index contributed by atoms with van der Waals surface area (Å²) in [5.74, 6) is -2.20. The Hall–Kier alpha value is -0.900. The van der Waals surface area contributed by atoms with Crippen LogP contribution < -0.4 is 0 Å². The van der Waals surface area contributed by atoms with E-state index in [1.807, 2.05) is 0 Å². The first-order chi connectivity index (χ1) is 2.64. The summed E-state index contributed by atoms with van der Waals surface area (Å²) in [5, 5.41) is 7.64. The van der Waals surface area contributed by atoms with Gasteiger partial charge in [-0.15, -0.1) is 0 Å². The highest BCUT2D eigenvalue weighted by Crippen LogP contribution is 1.61. The molecule has 0 aromatic heterocycles. The van der Waals surface area contributed by atoms with E-state index in [2.05, 4.69) is 0 Å². The Morgan fingerprint density at radius 2 is 1.57 bits per heavy atom. The molecule has 0 saturated carbocycles. The van der Waals surface area contributed by atoms with Gasteiger partial charge in [0.25, 0.3) is 0 Å². The normalized spacial score (nSPS) is 6.43. The Bertz CT molecular complexity index is 72.9. The van der Waals surface area contributed by atoms with Gasteiger partial charge in [0, 0.05) is 12.4 Å². The highest BCUT2D eigenvalue weighted by molar-refractivity contribution is 6.31. The van der Waals surface area contributed by atoms with E-state index >= 15 is 0 Å². The van der Waals surface area contributed by atoms with Crippen LogP contribution in [0.1, 0.15) is 6.92 Å². The van der Waals surface area contributed by atoms with E-state index in [-0.39, 0.29) is 5.48 Å². The average molecular weight is 104 g/mol. The van der Waals surface area contributed by atoms with Gasteiger partial charge in [0.15, 0.2) is 0 Å². The van der Waals surface area contributed by atoms with Crippen LogP contribution in [0.2, 0.25) is 0 Å². The number of rotatable bonds is 1. The molecule has 0 rings (SSSR count). The number of carboxylic acid groups (broad SMARTS) is 1. The fraction of sp³-hybridized carbons (Fsp3) is 0.333. The Kier molecular flexibility index (Phi) is 4.44. The molecule has 0 atom stereocenters. The van der Waals surface area contributed by atoms with Crippen molar-refractivity contribution in [2.45, 2.75) is 6.92 Å². The van der Waals surface area contributed by atoms with E-state index in [1.165, 1.54) is 0 Å². The summed E-state index contributed by atoms with van der Waals surface area (Å²) in [6.07, 6.45) is 0. The number of carbonyl (C=O) groups is 2. The van der Waals surface area contributed by atoms with E-state index < -0.39 is 11.8 Å². The first-order valence-corrected chi connectivity index (χ1v) is 1.38. The molecular weight excluding hydrogens is 100 g/mol. The van der Waals surface area contributed by atoms with Crippen molar-refractivity contribution < 1.29 is 20.2 Å². The molecule has 0 bridgehead atoms. The van der Waals surface area contributed by atoms with Crippen molar-refractivity contribution in [1.82, 2.24) is 0 Å². The summed E-state index contributed by atoms with van der Waals surface area (Å²) in [5.41, 5.74) is 0. The quantitative estimate of drug-likeness (QED) is 0.457. The highest BCUT2D eigenvalue weighted by atomic mass is 16.4. The lowest BCUT2D eigenvalue weighted by Gasteiger charge is -1.73. The van der Waals surface area contributed by atoms with Gasteiger partial charge in [-0.05, 0) is 0 Å². The number of aliphatic carboxylic acids is 1. The minimum Gasteiger partial charge on any atom is -0.476 e. The van der Waals surface area contributed by atoms with Crippen LogP contribution in [0.4, 0.5) is 0 Å². The molecule has 0 aliphatic carbocycles. The standard InChI is InChI=1S/C3H4O3.O/c1-2(4)3(5)6;/h1H3,(H,5,6);. The minimum absolute atomic E-state index is 0. The molecule has 0 aromatic carbocycles. The molecule has 0 aliphatic heterocycles. The molecule has 1 N–H and O–H groups in total. The van der Waals surface area contributed by atoms with Gasteiger partial charge in [-0.1, -0.05) is 0 Å². The van der Waals surface area contributed by atoms with Crippen molar-refractivity contribution in [3.63, 3.8) is 0 Å². The molecular formula is C3H4O4. The number of hydrogen-bond donors (Lipinski definition) is 1. The first kappa shape index (κ1) is 9.44. The van der Waals surface area contributed by atoms with Crippen molar-refractivity contribution in [2.24, 2.45) is 0 Å². The molecule has 0 heterocycles. The summed E-state index contributed by atoms with van der Waals surface area (Å²) in [4.78, 5) is 18.9. The number of carbonyl (C=O) groups excluding carboxylic acids is 1. The van der Waals surface area contributed by atoms with E-state index in [0.717, 1.165) is 6.92 Å². The molecule has 2 radical (unpaired) electrons. The van der Waals surface area contributed by atoms with Crippen LogP contribution in [0.3, 0.4) is 0 Å². The fourth-order valence-electron chi connectivity index (χ4n) is 0. The third-order valence-electron chi connectivity index (χ3n) is 0.301. The second kappa shape index (κ2) is 3.30. The maximum absolute atomic E-state index is 9.54. The predicted octanol–water partition coefficient (Wildman–Crippen LogP) is -0.459. The van der Waals surface area contributed by atoms with Crippen molar-refractivity contribution in [2.75, 3.05) is 0 Å². The molecule has 0 unspecified atom stereocenters. The molecule has 0 saturated heterocycles. The predicted molar refractivity (Wildman–Crippen MR) is 19.0 cm³/mol. The molecule has 7 heavy (non-hydrogen) atoms. The van der Waals surface area contributed by atoms with E-state index in [9.17, 15) is 9.59 Å². The largest absolute Gasteiger partial charge is 0.476 e. The van der Waals surface area contributed by atoms with Gasteiger partial charge in [0.1, 0.15) is 0 Å². The van der Waals surface area contributed by atoms with Gasteiger partial charge in [-0.2, -0.15) is 0 Å². The zero-order valence-corrected chi connectivity index (χ0v) is 3.67. The molecule has 4 heteroatoms. The van der Waals surface area contributed by atoms with Crippen LogP contribution >= 0.6 is 0 Å². The molecule has 0 aromatic rings. The van der Waals surface area contributed by atoms with Gasteiger partial charge < -0.3 is 5.11 Å². The minimum atomic E-state index is -1.38. The molecule has 0 spiro atoms. The Labute approximate surface area is 40.1 Å². The van der Waals surface area contributed by atoms with Crippen LogP contribution in [0.5, 0.6) is 0 Å². The smallest absolute Gasteiger partial charge is 0.371 e. The van der Waals surface area contributed by atoms with Gasteiger partial charge in [0.2, 0.25) is 5.78 Å². The van der Waals surface area contributed by atoms with Crippen molar-refractivity contribution in [1.29, 1.82) is 0 Å². The van der Waals surface area contributed by atoms with Gasteiger partial charge in [-0.25, -0.2) is 4.79 Å². The summed E-state index contributed by atoms with van der Waals surface area (Å²) in [6.45, 7) is 1.00. The second-order valence-electron chi connectivity index (χ2n) is 0.861. The summed E-state index contributed by atoms with van der Waals surface area (Å²) >= 11 is 0. The lowest BCUT2D eigenvalue weighted by molar-refractivity contribution is -0.148. The summed E-state index contributed by atoms with van der Waals surface area (Å²) < 4.78 is 0. The maximum atomic E-state index is 9.54. The zero-order chi connectivity index (χ0) is 5.15. The fourth-order valence-corrected chi connectivity index (χ4v) is 0. The van der Waals surface area contributed by atoms with Crippen molar-refractivity contribution in [3.05, 3.63) is 0 Å². The summed E-state index contributed by atoms with van der Waals surface area (Å²) in [7, 11) is 0. The summed E-state index contributed by atoms with van der Waals surface area (Å²) in [6, 6.07) is 0. The number of Topliss-reactive ketones (excluding diaryl/α,β-unsaturated/α-hetero) is 1. The lowest BCUT2D eigenvalue weighted by Crippen LogP contribution is -2.05.